The summed E-state index contributed by atoms with van der Waals surface area (Å²) in [4.78, 5) is 18.5. The fourth-order valence-electron chi connectivity index (χ4n) is 4.49. The Labute approximate surface area is 183 Å². The minimum Gasteiger partial charge on any atom is -0.315 e. The van der Waals surface area contributed by atoms with Crippen molar-refractivity contribution in [1.82, 2.24) is 29.3 Å². The first-order chi connectivity index (χ1) is 14.5. The molecule has 2 aromatic heterocycles. The predicted molar refractivity (Wildman–Crippen MR) is 124 cm³/mol. The van der Waals surface area contributed by atoms with Gasteiger partial charge in [-0.3, -0.25) is 4.90 Å². The summed E-state index contributed by atoms with van der Waals surface area (Å²) < 4.78 is 2.16. The third kappa shape index (κ3) is 4.68. The zero-order valence-electron chi connectivity index (χ0n) is 18.6. The van der Waals surface area contributed by atoms with Gasteiger partial charge in [0.2, 0.25) is 0 Å². The van der Waals surface area contributed by atoms with E-state index in [9.17, 15) is 0 Å². The van der Waals surface area contributed by atoms with E-state index in [-0.39, 0.29) is 0 Å². The highest BCUT2D eigenvalue weighted by atomic mass is 32.2. The van der Waals surface area contributed by atoms with Gasteiger partial charge in [0.25, 0.3) is 0 Å². The Balaban J connectivity index is 1.26. The maximum atomic E-state index is 4.52. The smallest absolute Gasteiger partial charge is 0.164 e. The minimum absolute atomic E-state index is 0.917. The van der Waals surface area contributed by atoms with E-state index in [0.29, 0.717) is 0 Å². The Hall–Kier alpha value is -1.96. The van der Waals surface area contributed by atoms with Crippen LogP contribution in [0, 0.1) is 20.8 Å². The quantitative estimate of drug-likeness (QED) is 0.426. The summed E-state index contributed by atoms with van der Waals surface area (Å²) in [6, 6.07) is 4.62. The number of fused-ring (bicyclic) bond motifs is 1. The van der Waals surface area contributed by atoms with Crippen molar-refractivity contribution in [1.29, 1.82) is 0 Å². The maximum absolute atomic E-state index is 4.52. The van der Waals surface area contributed by atoms with Crippen LogP contribution in [0.3, 0.4) is 0 Å². The topological polar surface area (TPSA) is 50.1 Å². The van der Waals surface area contributed by atoms with E-state index in [0.717, 1.165) is 68.4 Å². The van der Waals surface area contributed by atoms with Gasteiger partial charge < -0.3 is 9.47 Å². The van der Waals surface area contributed by atoms with Gasteiger partial charge in [0, 0.05) is 39.3 Å². The number of benzene rings is 1. The van der Waals surface area contributed by atoms with Crippen LogP contribution in [-0.2, 0) is 13.1 Å². The van der Waals surface area contributed by atoms with Gasteiger partial charge in [-0.25, -0.2) is 15.0 Å². The van der Waals surface area contributed by atoms with Crippen LogP contribution in [0.5, 0.6) is 0 Å². The van der Waals surface area contributed by atoms with Crippen LogP contribution in [0.4, 0.5) is 0 Å². The van der Waals surface area contributed by atoms with Crippen LogP contribution in [0.2, 0.25) is 0 Å². The molecule has 7 heteroatoms. The molecule has 0 amide bonds. The second kappa shape index (κ2) is 9.45. The number of imidazole rings is 1. The van der Waals surface area contributed by atoms with Gasteiger partial charge in [0.15, 0.2) is 5.65 Å². The highest BCUT2D eigenvalue weighted by Crippen LogP contribution is 2.21. The van der Waals surface area contributed by atoms with Gasteiger partial charge in [-0.2, -0.15) is 0 Å². The minimum atomic E-state index is 0.917. The molecule has 1 aliphatic heterocycles. The average Bonchev–Trinajstić information content (AvgIpc) is 3.15. The Morgan fingerprint density at radius 2 is 1.60 bits per heavy atom. The molecule has 30 heavy (non-hydrogen) atoms. The first-order valence-corrected chi connectivity index (χ1v) is 12.0. The third-order valence-electron chi connectivity index (χ3n) is 6.12. The molecule has 0 radical (unpaired) electrons. The fraction of sp³-hybridized carbons (Fsp3) is 0.522. The highest BCUT2D eigenvalue weighted by molar-refractivity contribution is 7.98. The van der Waals surface area contributed by atoms with Gasteiger partial charge in [0.05, 0.1) is 6.33 Å². The standard InChI is InChI=1S/C23H32N6S/c1-17-12-18(2)20(19(3)13-17)14-28-10-8-27(9-11-28)6-5-7-29-16-26-21-22(29)24-15-25-23(21)30-4/h12-13,15-16H,5-11,14H2,1-4H3. The average molecular weight is 425 g/mol. The summed E-state index contributed by atoms with van der Waals surface area (Å²) in [5.74, 6) is 0. The van der Waals surface area contributed by atoms with Gasteiger partial charge >= 0.3 is 0 Å². The highest BCUT2D eigenvalue weighted by Gasteiger charge is 2.18. The van der Waals surface area contributed by atoms with E-state index >= 15 is 0 Å². The number of hydrogen-bond acceptors (Lipinski definition) is 6. The summed E-state index contributed by atoms with van der Waals surface area (Å²) in [7, 11) is 0. The zero-order chi connectivity index (χ0) is 21.1. The van der Waals surface area contributed by atoms with Crippen molar-refractivity contribution in [3.05, 3.63) is 47.0 Å². The van der Waals surface area contributed by atoms with Gasteiger partial charge in [0.1, 0.15) is 16.9 Å². The molecule has 3 aromatic rings. The molecular weight excluding hydrogens is 392 g/mol. The first kappa shape index (κ1) is 21.3. The van der Waals surface area contributed by atoms with Crippen molar-refractivity contribution in [2.45, 2.75) is 45.3 Å². The molecular formula is C23H32N6S. The van der Waals surface area contributed by atoms with E-state index in [2.05, 4.69) is 62.2 Å². The molecule has 0 aliphatic carbocycles. The number of aryl methyl sites for hydroxylation is 4. The monoisotopic (exact) mass is 424 g/mol. The third-order valence-corrected chi connectivity index (χ3v) is 6.81. The van der Waals surface area contributed by atoms with Crippen LogP contribution in [0.25, 0.3) is 11.2 Å². The molecule has 1 aliphatic rings. The Kier molecular flexibility index (Phi) is 6.71. The first-order valence-electron chi connectivity index (χ1n) is 10.8. The van der Waals surface area contributed by atoms with E-state index < -0.39 is 0 Å². The van der Waals surface area contributed by atoms with Crippen molar-refractivity contribution < 1.29 is 0 Å². The van der Waals surface area contributed by atoms with Crippen molar-refractivity contribution in [2.75, 3.05) is 39.0 Å². The van der Waals surface area contributed by atoms with Crippen LogP contribution >= 0.6 is 11.8 Å². The molecule has 1 aromatic carbocycles. The molecule has 1 fully saturated rings. The molecule has 0 spiro atoms. The van der Waals surface area contributed by atoms with Gasteiger partial charge in [-0.1, -0.05) is 17.7 Å². The molecule has 0 N–H and O–H groups in total. The van der Waals surface area contributed by atoms with E-state index in [4.69, 9.17) is 0 Å². The van der Waals surface area contributed by atoms with Crippen LogP contribution in [0.1, 0.15) is 28.7 Å². The van der Waals surface area contributed by atoms with E-state index in [1.807, 2.05) is 12.6 Å². The molecule has 0 unspecified atom stereocenters. The zero-order valence-corrected chi connectivity index (χ0v) is 19.4. The van der Waals surface area contributed by atoms with Crippen molar-refractivity contribution in [2.24, 2.45) is 0 Å². The Bertz CT molecular complexity index is 983. The Morgan fingerprint density at radius 3 is 2.30 bits per heavy atom. The summed E-state index contributed by atoms with van der Waals surface area (Å²) in [5.41, 5.74) is 7.59. The van der Waals surface area contributed by atoms with Crippen LogP contribution < -0.4 is 0 Å². The molecule has 3 heterocycles. The van der Waals surface area contributed by atoms with E-state index in [1.54, 1.807) is 18.1 Å². The Morgan fingerprint density at radius 1 is 0.900 bits per heavy atom. The molecule has 6 nitrogen and oxygen atoms in total. The number of piperazine rings is 1. The lowest BCUT2D eigenvalue weighted by molar-refractivity contribution is 0.125. The number of thioether (sulfide) groups is 1. The molecule has 160 valence electrons. The lowest BCUT2D eigenvalue weighted by Crippen LogP contribution is -2.46. The second-order valence-electron chi connectivity index (χ2n) is 8.34. The van der Waals surface area contributed by atoms with Crippen LogP contribution in [0.15, 0.2) is 29.8 Å². The molecule has 0 atom stereocenters. The lowest BCUT2D eigenvalue weighted by atomic mass is 9.99. The molecule has 1 saturated heterocycles. The number of hydrogen-bond donors (Lipinski definition) is 0. The molecule has 4 rings (SSSR count). The summed E-state index contributed by atoms with van der Waals surface area (Å²) >= 11 is 1.62. The van der Waals surface area contributed by atoms with Gasteiger partial charge in [-0.15, -0.1) is 11.8 Å². The molecule has 0 saturated carbocycles. The normalized spacial score (nSPS) is 15.9. The van der Waals surface area contributed by atoms with E-state index in [1.165, 1.54) is 22.3 Å². The van der Waals surface area contributed by atoms with Gasteiger partial charge in [-0.05, 0) is 56.7 Å². The number of rotatable bonds is 7. The van der Waals surface area contributed by atoms with Crippen molar-refractivity contribution in [3.63, 3.8) is 0 Å². The SMILES string of the molecule is CSc1ncnc2c1ncn2CCCN1CCN(Cc2c(C)cc(C)cc2C)CC1. The molecule has 0 bridgehead atoms. The van der Waals surface area contributed by atoms with Crippen molar-refractivity contribution in [3.8, 4) is 0 Å². The van der Waals surface area contributed by atoms with Crippen LogP contribution in [-0.4, -0.2) is 68.3 Å². The maximum Gasteiger partial charge on any atom is 0.164 e. The second-order valence-corrected chi connectivity index (χ2v) is 9.14. The largest absolute Gasteiger partial charge is 0.315 e. The fourth-order valence-corrected chi connectivity index (χ4v) is 4.98. The lowest BCUT2D eigenvalue weighted by Gasteiger charge is -2.35. The number of nitrogens with zero attached hydrogens (tertiary/aromatic N) is 6. The summed E-state index contributed by atoms with van der Waals surface area (Å²) in [5, 5.41) is 0.953. The van der Waals surface area contributed by atoms with Crippen molar-refractivity contribution >= 4 is 22.9 Å². The predicted octanol–water partition coefficient (Wildman–Crippen LogP) is 3.68. The summed E-state index contributed by atoms with van der Waals surface area (Å²) in [6.45, 7) is 14.4. The summed E-state index contributed by atoms with van der Waals surface area (Å²) in [6.07, 6.45) is 6.69. The number of aromatic nitrogens is 4.